The summed E-state index contributed by atoms with van der Waals surface area (Å²) in [5.74, 6) is 0.419. The molecule has 4 nitrogen and oxygen atoms in total. The Morgan fingerprint density at radius 3 is 3.00 bits per heavy atom. The van der Waals surface area contributed by atoms with Crippen molar-refractivity contribution in [1.29, 1.82) is 0 Å². The predicted octanol–water partition coefficient (Wildman–Crippen LogP) is 2.85. The number of piperidine rings is 1. The first kappa shape index (κ1) is 15.2. The molecule has 2 N–H and O–H groups in total. The lowest BCUT2D eigenvalue weighted by molar-refractivity contribution is 0.0946. The van der Waals surface area contributed by atoms with Crippen LogP contribution in [0.15, 0.2) is 29.6 Å². The molecule has 116 valence electrons. The summed E-state index contributed by atoms with van der Waals surface area (Å²) in [5.41, 5.74) is 2.86. The summed E-state index contributed by atoms with van der Waals surface area (Å²) >= 11 is 1.61. The number of nitrogens with zero attached hydrogens (tertiary/aromatic N) is 1. The van der Waals surface area contributed by atoms with Crippen LogP contribution in [-0.4, -0.2) is 24.0 Å². The topological polar surface area (TPSA) is 54.0 Å². The smallest absolute Gasteiger partial charge is 0.271 e. The summed E-state index contributed by atoms with van der Waals surface area (Å²) in [7, 11) is 0. The highest BCUT2D eigenvalue weighted by atomic mass is 32.1. The van der Waals surface area contributed by atoms with Gasteiger partial charge in [0.15, 0.2) is 0 Å². The van der Waals surface area contributed by atoms with Gasteiger partial charge in [-0.25, -0.2) is 4.98 Å². The Kier molecular flexibility index (Phi) is 4.85. The molecule has 2 heterocycles. The number of aryl methyl sites for hydroxylation is 1. The molecule has 0 unspecified atom stereocenters. The number of hydrogen-bond acceptors (Lipinski definition) is 4. The second kappa shape index (κ2) is 7.03. The Balaban J connectivity index is 1.59. The number of carbonyl (C=O) groups excluding carboxylic acids is 1. The second-order valence-corrected chi connectivity index (χ2v) is 6.66. The zero-order valence-electron chi connectivity index (χ0n) is 12.8. The Labute approximate surface area is 135 Å². The fourth-order valence-corrected chi connectivity index (χ4v) is 3.71. The van der Waals surface area contributed by atoms with Gasteiger partial charge in [0.2, 0.25) is 0 Å². The van der Waals surface area contributed by atoms with Crippen molar-refractivity contribution in [2.45, 2.75) is 32.2 Å². The summed E-state index contributed by atoms with van der Waals surface area (Å²) in [6, 6.07) is 8.17. The number of thiazole rings is 1. The molecule has 1 aromatic carbocycles. The largest absolute Gasteiger partial charge is 0.347 e. The van der Waals surface area contributed by atoms with Crippen LogP contribution in [0.1, 0.15) is 45.4 Å². The van der Waals surface area contributed by atoms with E-state index in [1.165, 1.54) is 5.56 Å². The molecule has 0 radical (unpaired) electrons. The van der Waals surface area contributed by atoms with Gasteiger partial charge in [0.1, 0.15) is 5.69 Å². The Morgan fingerprint density at radius 2 is 2.23 bits per heavy atom. The highest BCUT2D eigenvalue weighted by Crippen LogP contribution is 2.27. The summed E-state index contributed by atoms with van der Waals surface area (Å²) in [4.78, 5) is 16.8. The van der Waals surface area contributed by atoms with Crippen LogP contribution < -0.4 is 10.6 Å². The fourth-order valence-electron chi connectivity index (χ4n) is 2.74. The highest BCUT2D eigenvalue weighted by Gasteiger charge is 2.20. The fraction of sp³-hybridized carbons (Fsp3) is 0.412. The summed E-state index contributed by atoms with van der Waals surface area (Å²) < 4.78 is 0. The van der Waals surface area contributed by atoms with E-state index < -0.39 is 0 Å². The lowest BCUT2D eigenvalue weighted by Crippen LogP contribution is -2.27. The average Bonchev–Trinajstić information content (AvgIpc) is 3.04. The Bertz CT molecular complexity index is 647. The van der Waals surface area contributed by atoms with Crippen molar-refractivity contribution in [3.8, 4) is 0 Å². The van der Waals surface area contributed by atoms with E-state index in [-0.39, 0.29) is 5.91 Å². The maximum Gasteiger partial charge on any atom is 0.271 e. The van der Waals surface area contributed by atoms with Crippen LogP contribution in [-0.2, 0) is 6.54 Å². The number of amides is 1. The lowest BCUT2D eigenvalue weighted by Gasteiger charge is -2.20. The van der Waals surface area contributed by atoms with E-state index in [4.69, 9.17) is 0 Å². The molecular weight excluding hydrogens is 294 g/mol. The van der Waals surface area contributed by atoms with E-state index in [1.54, 1.807) is 11.3 Å². The first-order valence-electron chi connectivity index (χ1n) is 7.72. The second-order valence-electron chi connectivity index (χ2n) is 5.77. The third kappa shape index (κ3) is 3.72. The van der Waals surface area contributed by atoms with Gasteiger partial charge in [-0.3, -0.25) is 4.79 Å². The molecule has 22 heavy (non-hydrogen) atoms. The average molecular weight is 315 g/mol. The maximum absolute atomic E-state index is 12.2. The SMILES string of the molecule is Cc1cccc(CNC(=O)c2csc(C3CCNCC3)n2)c1. The summed E-state index contributed by atoms with van der Waals surface area (Å²) in [5, 5.41) is 9.28. The minimum absolute atomic E-state index is 0.0852. The van der Waals surface area contributed by atoms with Gasteiger partial charge in [-0.1, -0.05) is 29.8 Å². The van der Waals surface area contributed by atoms with Gasteiger partial charge in [0, 0.05) is 17.8 Å². The van der Waals surface area contributed by atoms with E-state index in [0.29, 0.717) is 18.2 Å². The summed E-state index contributed by atoms with van der Waals surface area (Å²) in [6.07, 6.45) is 2.22. The number of carbonyl (C=O) groups is 1. The van der Waals surface area contributed by atoms with E-state index >= 15 is 0 Å². The Hall–Kier alpha value is -1.72. The summed E-state index contributed by atoms with van der Waals surface area (Å²) in [6.45, 7) is 4.68. The Morgan fingerprint density at radius 1 is 1.41 bits per heavy atom. The molecule has 1 fully saturated rings. The van der Waals surface area contributed by atoms with E-state index in [1.807, 2.05) is 17.5 Å². The third-order valence-electron chi connectivity index (χ3n) is 3.98. The molecule has 3 rings (SSSR count). The van der Waals surface area contributed by atoms with Gasteiger partial charge in [-0.2, -0.15) is 0 Å². The first-order valence-corrected chi connectivity index (χ1v) is 8.60. The molecule has 0 spiro atoms. The maximum atomic E-state index is 12.2. The zero-order valence-corrected chi connectivity index (χ0v) is 13.6. The quantitative estimate of drug-likeness (QED) is 0.912. The van der Waals surface area contributed by atoms with Crippen molar-refractivity contribution in [2.24, 2.45) is 0 Å². The van der Waals surface area contributed by atoms with Gasteiger partial charge < -0.3 is 10.6 Å². The number of rotatable bonds is 4. The molecule has 2 aromatic rings. The van der Waals surface area contributed by atoms with Gasteiger partial charge >= 0.3 is 0 Å². The van der Waals surface area contributed by atoms with Gasteiger partial charge in [0.25, 0.3) is 5.91 Å². The molecule has 1 aromatic heterocycles. The van der Waals surface area contributed by atoms with Crippen molar-refractivity contribution in [3.63, 3.8) is 0 Å². The molecule has 1 aliphatic rings. The molecule has 1 aliphatic heterocycles. The van der Waals surface area contributed by atoms with Crippen LogP contribution in [0.4, 0.5) is 0 Å². The van der Waals surface area contributed by atoms with Crippen molar-refractivity contribution >= 4 is 17.2 Å². The van der Waals surface area contributed by atoms with Crippen LogP contribution in [0.2, 0.25) is 0 Å². The molecule has 0 atom stereocenters. The van der Waals surface area contributed by atoms with Crippen molar-refractivity contribution < 1.29 is 4.79 Å². The molecule has 0 aliphatic carbocycles. The van der Waals surface area contributed by atoms with E-state index in [0.717, 1.165) is 36.5 Å². The van der Waals surface area contributed by atoms with Gasteiger partial charge in [0.05, 0.1) is 5.01 Å². The number of aromatic nitrogens is 1. The minimum atomic E-state index is -0.0852. The van der Waals surface area contributed by atoms with Crippen LogP contribution in [0, 0.1) is 6.92 Å². The predicted molar refractivity (Wildman–Crippen MR) is 89.3 cm³/mol. The molecule has 5 heteroatoms. The van der Waals surface area contributed by atoms with Crippen LogP contribution in [0.25, 0.3) is 0 Å². The van der Waals surface area contributed by atoms with Crippen LogP contribution >= 0.6 is 11.3 Å². The van der Waals surface area contributed by atoms with Crippen molar-refractivity contribution in [1.82, 2.24) is 15.6 Å². The molecule has 0 bridgehead atoms. The molecule has 1 amide bonds. The van der Waals surface area contributed by atoms with Gasteiger partial charge in [-0.15, -0.1) is 11.3 Å². The van der Waals surface area contributed by atoms with E-state index in [9.17, 15) is 4.79 Å². The van der Waals surface area contributed by atoms with Crippen LogP contribution in [0.3, 0.4) is 0 Å². The van der Waals surface area contributed by atoms with Crippen LogP contribution in [0.5, 0.6) is 0 Å². The molecule has 0 saturated carbocycles. The highest BCUT2D eigenvalue weighted by molar-refractivity contribution is 7.09. The number of benzene rings is 1. The van der Waals surface area contributed by atoms with Crippen molar-refractivity contribution in [2.75, 3.05) is 13.1 Å². The first-order chi connectivity index (χ1) is 10.7. The lowest BCUT2D eigenvalue weighted by atomic mass is 9.99. The van der Waals surface area contributed by atoms with Gasteiger partial charge in [-0.05, 0) is 38.4 Å². The zero-order chi connectivity index (χ0) is 15.4. The monoisotopic (exact) mass is 315 g/mol. The molecular formula is C17H21N3OS. The number of nitrogens with one attached hydrogen (secondary N) is 2. The normalized spacial score (nSPS) is 15.7. The number of hydrogen-bond donors (Lipinski definition) is 2. The van der Waals surface area contributed by atoms with Crippen molar-refractivity contribution in [3.05, 3.63) is 51.5 Å². The molecule has 1 saturated heterocycles. The third-order valence-corrected chi connectivity index (χ3v) is 4.99. The van der Waals surface area contributed by atoms with E-state index in [2.05, 4.69) is 34.7 Å². The minimum Gasteiger partial charge on any atom is -0.347 e. The standard InChI is InChI=1S/C17H21N3OS/c1-12-3-2-4-13(9-12)10-19-16(21)15-11-22-17(20-15)14-5-7-18-8-6-14/h2-4,9,11,14,18H,5-8,10H2,1H3,(H,19,21).